The zero-order valence-electron chi connectivity index (χ0n) is 22.7. The Morgan fingerprint density at radius 1 is 1.07 bits per heavy atom. The van der Waals surface area contributed by atoms with Crippen LogP contribution in [-0.2, 0) is 16.1 Å². The number of rotatable bonds is 9. The van der Waals surface area contributed by atoms with Crippen LogP contribution in [0.3, 0.4) is 0 Å². The predicted molar refractivity (Wildman–Crippen MR) is 166 cm³/mol. The average Bonchev–Trinajstić information content (AvgIpc) is 3.66. The summed E-state index contributed by atoms with van der Waals surface area (Å²) in [4.78, 5) is 27.3. The third-order valence-corrected chi connectivity index (χ3v) is 9.90. The molecule has 0 spiro atoms. The smallest absolute Gasteiger partial charge is 0.335 e. The second-order valence-corrected chi connectivity index (χ2v) is 12.4. The number of carbonyl (C=O) groups is 2. The molecule has 6 rings (SSSR count). The SMILES string of the molecule is CSc1ccc(N2c3ccc(/C=C\C(=C\c4sc5ccccc5[n+]4CCC(=O)O)C(=O)O)cc3C3CCCC32)cc1. The molecule has 0 radical (unpaired) electrons. The summed E-state index contributed by atoms with van der Waals surface area (Å²) in [5, 5.41) is 20.0. The van der Waals surface area contributed by atoms with E-state index >= 15 is 0 Å². The van der Waals surface area contributed by atoms with Crippen LogP contribution < -0.4 is 9.47 Å². The van der Waals surface area contributed by atoms with Gasteiger partial charge in [-0.05, 0) is 78.8 Å². The summed E-state index contributed by atoms with van der Waals surface area (Å²) in [7, 11) is 0. The van der Waals surface area contributed by atoms with Crippen LogP contribution in [0.25, 0.3) is 22.4 Å². The zero-order chi connectivity index (χ0) is 28.5. The van der Waals surface area contributed by atoms with Gasteiger partial charge in [-0.15, -0.1) is 11.8 Å². The fourth-order valence-electron chi connectivity index (χ4n) is 6.16. The van der Waals surface area contributed by atoms with Gasteiger partial charge in [0.2, 0.25) is 5.52 Å². The Balaban J connectivity index is 1.32. The molecule has 3 aromatic carbocycles. The second-order valence-electron chi connectivity index (χ2n) is 10.4. The Hall–Kier alpha value is -3.88. The summed E-state index contributed by atoms with van der Waals surface area (Å²) in [5.41, 5.74) is 5.81. The summed E-state index contributed by atoms with van der Waals surface area (Å²) < 4.78 is 2.87. The highest BCUT2D eigenvalue weighted by Gasteiger charge is 2.42. The molecule has 6 nitrogen and oxygen atoms in total. The Morgan fingerprint density at radius 3 is 2.63 bits per heavy atom. The van der Waals surface area contributed by atoms with Gasteiger partial charge in [-0.3, -0.25) is 4.79 Å². The van der Waals surface area contributed by atoms with Gasteiger partial charge in [0.05, 0.1) is 5.57 Å². The fraction of sp³-hybridized carbons (Fsp3) is 0.242. The number of thiazole rings is 1. The van der Waals surface area contributed by atoms with E-state index in [1.54, 1.807) is 23.9 Å². The summed E-state index contributed by atoms with van der Waals surface area (Å²) in [6.07, 6.45) is 10.7. The molecule has 1 aliphatic heterocycles. The monoisotopic (exact) mass is 583 g/mol. The van der Waals surface area contributed by atoms with Gasteiger partial charge in [0.25, 0.3) is 5.01 Å². The van der Waals surface area contributed by atoms with Crippen molar-refractivity contribution in [3.8, 4) is 0 Å². The van der Waals surface area contributed by atoms with Crippen molar-refractivity contribution in [1.82, 2.24) is 0 Å². The molecule has 41 heavy (non-hydrogen) atoms. The van der Waals surface area contributed by atoms with Crippen LogP contribution >= 0.6 is 23.1 Å². The minimum Gasteiger partial charge on any atom is -0.481 e. The zero-order valence-corrected chi connectivity index (χ0v) is 24.3. The van der Waals surface area contributed by atoms with E-state index in [4.69, 9.17) is 0 Å². The molecule has 1 fully saturated rings. The maximum atomic E-state index is 12.3. The Bertz CT molecular complexity index is 1690. The average molecular weight is 584 g/mol. The summed E-state index contributed by atoms with van der Waals surface area (Å²) in [5.74, 6) is -1.45. The maximum absolute atomic E-state index is 12.3. The molecule has 8 heteroatoms. The van der Waals surface area contributed by atoms with Crippen LogP contribution in [0.2, 0.25) is 0 Å². The van der Waals surface area contributed by atoms with Crippen LogP contribution in [0.5, 0.6) is 0 Å². The number of benzene rings is 3. The van der Waals surface area contributed by atoms with Gasteiger partial charge in [0.1, 0.15) is 11.1 Å². The molecule has 1 aromatic heterocycles. The number of fused-ring (bicyclic) bond motifs is 4. The minimum absolute atomic E-state index is 0.0412. The van der Waals surface area contributed by atoms with Crippen molar-refractivity contribution in [3.63, 3.8) is 0 Å². The van der Waals surface area contributed by atoms with Gasteiger partial charge in [0, 0.05) is 40.4 Å². The van der Waals surface area contributed by atoms with Gasteiger partial charge in [-0.1, -0.05) is 42.0 Å². The lowest BCUT2D eigenvalue weighted by molar-refractivity contribution is -0.667. The van der Waals surface area contributed by atoms with E-state index in [1.165, 1.54) is 39.6 Å². The summed E-state index contributed by atoms with van der Waals surface area (Å²) in [6.45, 7) is 0.270. The third kappa shape index (κ3) is 5.42. The van der Waals surface area contributed by atoms with Crippen molar-refractivity contribution in [2.24, 2.45) is 0 Å². The number of hydrogen-bond acceptors (Lipinski definition) is 5. The second kappa shape index (κ2) is 11.5. The molecule has 208 valence electrons. The molecule has 4 aromatic rings. The van der Waals surface area contributed by atoms with Crippen LogP contribution in [0.4, 0.5) is 11.4 Å². The number of hydrogen-bond donors (Lipinski definition) is 2. The van der Waals surface area contributed by atoms with E-state index in [-0.39, 0.29) is 18.5 Å². The van der Waals surface area contributed by atoms with Crippen molar-refractivity contribution < 1.29 is 24.4 Å². The molecule has 2 aliphatic rings. The maximum Gasteiger partial charge on any atom is 0.335 e. The van der Waals surface area contributed by atoms with Crippen molar-refractivity contribution >= 4 is 68.8 Å². The van der Waals surface area contributed by atoms with Gasteiger partial charge in [0.15, 0.2) is 6.54 Å². The standard InChI is InChI=1S/C33H30N2O4S2/c1-40-24-14-12-23(13-15-24)35-27-7-4-5-25(27)26-19-21(10-16-28(26)35)9-11-22(33(38)39)20-31-34(18-17-32(36)37)29-6-2-3-8-30(29)41-31/h2-3,6,8-16,19-20,25,27H,4-5,7,17-18H2,1H3,(H-,36,37,38,39)/p+1. The number of carboxylic acid groups (broad SMARTS) is 2. The third-order valence-electron chi connectivity index (χ3n) is 8.04. The van der Waals surface area contributed by atoms with E-state index in [2.05, 4.69) is 53.6 Å². The highest BCUT2D eigenvalue weighted by atomic mass is 32.2. The topological polar surface area (TPSA) is 81.7 Å². The molecule has 2 heterocycles. The lowest BCUT2D eigenvalue weighted by atomic mass is 9.95. The Labute approximate surface area is 247 Å². The molecule has 0 saturated heterocycles. The van der Waals surface area contributed by atoms with E-state index in [1.807, 2.05) is 34.9 Å². The minimum atomic E-state index is -1.03. The number of carboxylic acids is 2. The van der Waals surface area contributed by atoms with Gasteiger partial charge < -0.3 is 15.1 Å². The number of aromatic nitrogens is 1. The molecule has 1 aliphatic carbocycles. The number of anilines is 2. The molecule has 0 bridgehead atoms. The fourth-order valence-corrected chi connectivity index (χ4v) is 7.70. The normalized spacial score (nSPS) is 18.3. The van der Waals surface area contributed by atoms with Crippen molar-refractivity contribution in [2.45, 2.75) is 49.1 Å². The van der Waals surface area contributed by atoms with Crippen LogP contribution in [0, 0.1) is 0 Å². The summed E-state index contributed by atoms with van der Waals surface area (Å²) >= 11 is 3.21. The lowest BCUT2D eigenvalue weighted by Crippen LogP contribution is -2.36. The van der Waals surface area contributed by atoms with E-state index < -0.39 is 11.9 Å². The molecular formula is C33H31N2O4S2+. The Kier molecular flexibility index (Phi) is 7.69. The predicted octanol–water partition coefficient (Wildman–Crippen LogP) is 7.35. The molecule has 2 unspecified atom stereocenters. The number of para-hydroxylation sites is 1. The van der Waals surface area contributed by atoms with Gasteiger partial charge >= 0.3 is 11.9 Å². The summed E-state index contributed by atoms with van der Waals surface area (Å²) in [6, 6.07) is 23.4. The van der Waals surface area contributed by atoms with Crippen molar-refractivity contribution in [3.05, 3.63) is 94.5 Å². The van der Waals surface area contributed by atoms with Crippen LogP contribution in [0.1, 0.15) is 47.7 Å². The highest BCUT2D eigenvalue weighted by Crippen LogP contribution is 2.52. The number of nitrogens with zero attached hydrogens (tertiary/aromatic N) is 2. The molecule has 0 amide bonds. The van der Waals surface area contributed by atoms with E-state index in [9.17, 15) is 19.8 Å². The molecule has 2 N–H and O–H groups in total. The van der Waals surface area contributed by atoms with E-state index in [0.29, 0.717) is 17.0 Å². The molecule has 1 saturated carbocycles. The number of aliphatic carboxylic acids is 2. The first kappa shape index (κ1) is 27.3. The Morgan fingerprint density at radius 2 is 1.88 bits per heavy atom. The first-order chi connectivity index (χ1) is 19.9. The van der Waals surface area contributed by atoms with E-state index in [0.717, 1.165) is 28.6 Å². The first-order valence-corrected chi connectivity index (χ1v) is 15.8. The number of thioether (sulfide) groups is 1. The molecular weight excluding hydrogens is 553 g/mol. The lowest BCUT2D eigenvalue weighted by Gasteiger charge is -2.27. The van der Waals surface area contributed by atoms with Crippen LogP contribution in [0.15, 0.2) is 83.3 Å². The number of aryl methyl sites for hydroxylation is 1. The largest absolute Gasteiger partial charge is 0.481 e. The first-order valence-electron chi connectivity index (χ1n) is 13.8. The van der Waals surface area contributed by atoms with Gasteiger partial charge in [-0.25, -0.2) is 4.79 Å². The quantitative estimate of drug-likeness (QED) is 0.0928. The van der Waals surface area contributed by atoms with Crippen LogP contribution in [-0.4, -0.2) is 34.4 Å². The van der Waals surface area contributed by atoms with Crippen molar-refractivity contribution in [1.29, 1.82) is 0 Å². The van der Waals surface area contributed by atoms with Crippen molar-refractivity contribution in [2.75, 3.05) is 11.2 Å². The molecule has 2 atom stereocenters. The van der Waals surface area contributed by atoms with Gasteiger partial charge in [-0.2, -0.15) is 4.57 Å². The highest BCUT2D eigenvalue weighted by molar-refractivity contribution is 7.98.